The standard InChI is InChI=1S/C12H16FN5O3/c1-5-7(13)6(3-19)21-11(5)18-4-15-8-9(18)16-12(14)17-10(8)20-2/h4-7,11,19H,3H2,1-2H3,(H2,14,16,17)/t5-,6+,7-,11+/m0/s1. The van der Waals surface area contributed by atoms with Crippen LogP contribution in [0.25, 0.3) is 11.2 Å². The van der Waals surface area contributed by atoms with Gasteiger partial charge in [0.25, 0.3) is 0 Å². The van der Waals surface area contributed by atoms with E-state index in [0.29, 0.717) is 11.2 Å². The first-order valence-electron chi connectivity index (χ1n) is 6.51. The van der Waals surface area contributed by atoms with Crippen LogP contribution in [-0.2, 0) is 4.74 Å². The van der Waals surface area contributed by atoms with Crippen LogP contribution in [0.4, 0.5) is 10.3 Å². The largest absolute Gasteiger partial charge is 0.479 e. The molecule has 3 N–H and O–H groups in total. The third-order valence-electron chi connectivity index (χ3n) is 3.68. The van der Waals surface area contributed by atoms with Crippen LogP contribution in [0, 0.1) is 5.92 Å². The van der Waals surface area contributed by atoms with E-state index < -0.39 is 24.4 Å². The highest BCUT2D eigenvalue weighted by Gasteiger charge is 2.43. The zero-order chi connectivity index (χ0) is 15.1. The normalized spacial score (nSPS) is 29.1. The van der Waals surface area contributed by atoms with Gasteiger partial charge in [0.05, 0.1) is 20.0 Å². The molecule has 3 rings (SSSR count). The van der Waals surface area contributed by atoms with Gasteiger partial charge in [0.2, 0.25) is 11.8 Å². The second-order valence-electron chi connectivity index (χ2n) is 4.97. The number of nitrogens with zero attached hydrogens (tertiary/aromatic N) is 4. The number of ether oxygens (including phenoxy) is 2. The number of anilines is 1. The van der Waals surface area contributed by atoms with E-state index in [0.717, 1.165) is 0 Å². The molecule has 0 amide bonds. The van der Waals surface area contributed by atoms with Crippen molar-refractivity contribution >= 4 is 17.1 Å². The van der Waals surface area contributed by atoms with Gasteiger partial charge in [-0.3, -0.25) is 4.57 Å². The summed E-state index contributed by atoms with van der Waals surface area (Å²) in [5.41, 5.74) is 6.47. The first-order chi connectivity index (χ1) is 10.1. The Morgan fingerprint density at radius 2 is 2.29 bits per heavy atom. The average molecular weight is 297 g/mol. The summed E-state index contributed by atoms with van der Waals surface area (Å²) in [5, 5.41) is 9.15. The molecule has 0 spiro atoms. The molecule has 1 fully saturated rings. The molecule has 21 heavy (non-hydrogen) atoms. The Kier molecular flexibility index (Phi) is 3.38. The van der Waals surface area contributed by atoms with E-state index in [1.54, 1.807) is 11.5 Å². The van der Waals surface area contributed by atoms with Crippen LogP contribution in [0.1, 0.15) is 13.2 Å². The average Bonchev–Trinajstić information content (AvgIpc) is 3.01. The van der Waals surface area contributed by atoms with Gasteiger partial charge in [0.15, 0.2) is 11.2 Å². The minimum absolute atomic E-state index is 0.0299. The van der Waals surface area contributed by atoms with E-state index in [1.165, 1.54) is 13.4 Å². The predicted octanol–water partition coefficient (Wildman–Crippen LogP) is 0.281. The number of rotatable bonds is 3. The quantitative estimate of drug-likeness (QED) is 0.837. The number of aliphatic hydroxyl groups excluding tert-OH is 1. The van der Waals surface area contributed by atoms with Gasteiger partial charge in [-0.2, -0.15) is 9.97 Å². The van der Waals surface area contributed by atoms with Gasteiger partial charge < -0.3 is 20.3 Å². The number of hydrogen-bond donors (Lipinski definition) is 2. The number of hydrogen-bond acceptors (Lipinski definition) is 7. The van der Waals surface area contributed by atoms with Crippen LogP contribution in [0.2, 0.25) is 0 Å². The molecule has 114 valence electrons. The second-order valence-corrected chi connectivity index (χ2v) is 4.97. The summed E-state index contributed by atoms with van der Waals surface area (Å²) in [7, 11) is 1.45. The lowest BCUT2D eigenvalue weighted by Crippen LogP contribution is -2.24. The Morgan fingerprint density at radius 1 is 1.52 bits per heavy atom. The van der Waals surface area contributed by atoms with Gasteiger partial charge in [0.1, 0.15) is 18.5 Å². The number of halogens is 1. The van der Waals surface area contributed by atoms with Gasteiger partial charge in [0, 0.05) is 5.92 Å². The zero-order valence-corrected chi connectivity index (χ0v) is 11.6. The Labute approximate surface area is 119 Å². The fourth-order valence-corrected chi connectivity index (χ4v) is 2.57. The number of imidazole rings is 1. The molecule has 3 heterocycles. The first-order valence-corrected chi connectivity index (χ1v) is 6.51. The van der Waals surface area contributed by atoms with Crippen molar-refractivity contribution in [1.82, 2.24) is 19.5 Å². The van der Waals surface area contributed by atoms with E-state index in [9.17, 15) is 4.39 Å². The molecule has 1 saturated heterocycles. The molecule has 0 bridgehead atoms. The molecule has 0 radical (unpaired) electrons. The van der Waals surface area contributed by atoms with Gasteiger partial charge >= 0.3 is 0 Å². The fraction of sp³-hybridized carbons (Fsp3) is 0.583. The molecule has 2 aromatic heterocycles. The molecule has 2 aromatic rings. The van der Waals surface area contributed by atoms with Crippen LogP contribution >= 0.6 is 0 Å². The Balaban J connectivity index is 2.07. The second kappa shape index (κ2) is 5.08. The SMILES string of the molecule is COc1nc(N)nc2c1ncn2[C@@H]1O[C@H](CO)[C@@H](F)[C@@H]1C. The number of aliphatic hydroxyl groups is 1. The van der Waals surface area contributed by atoms with Crippen LogP contribution in [0.5, 0.6) is 5.88 Å². The first kappa shape index (κ1) is 14.0. The summed E-state index contributed by atoms with van der Waals surface area (Å²) in [6.45, 7) is 1.33. The van der Waals surface area contributed by atoms with Gasteiger partial charge in [-0.25, -0.2) is 9.37 Å². The highest BCUT2D eigenvalue weighted by Crippen LogP contribution is 2.38. The number of nitrogen functional groups attached to an aromatic ring is 1. The van der Waals surface area contributed by atoms with Crippen molar-refractivity contribution in [2.45, 2.75) is 25.4 Å². The maximum Gasteiger partial charge on any atom is 0.246 e. The van der Waals surface area contributed by atoms with E-state index in [4.69, 9.17) is 20.3 Å². The minimum atomic E-state index is -1.27. The maximum absolute atomic E-state index is 14.0. The molecule has 8 nitrogen and oxygen atoms in total. The lowest BCUT2D eigenvalue weighted by Gasteiger charge is -2.17. The third-order valence-corrected chi connectivity index (χ3v) is 3.68. The summed E-state index contributed by atoms with van der Waals surface area (Å²) >= 11 is 0. The van der Waals surface area contributed by atoms with Crippen molar-refractivity contribution in [3.63, 3.8) is 0 Å². The molecule has 0 aromatic carbocycles. The number of aromatic nitrogens is 4. The summed E-state index contributed by atoms with van der Waals surface area (Å²) in [4.78, 5) is 12.2. The molecule has 1 aliphatic heterocycles. The Bertz CT molecular complexity index is 664. The van der Waals surface area contributed by atoms with Crippen molar-refractivity contribution in [2.75, 3.05) is 19.5 Å². The van der Waals surface area contributed by atoms with Gasteiger partial charge in [-0.05, 0) is 0 Å². The monoisotopic (exact) mass is 297 g/mol. The summed E-state index contributed by atoms with van der Waals surface area (Å²) in [5.74, 6) is -0.179. The zero-order valence-electron chi connectivity index (χ0n) is 11.6. The lowest BCUT2D eigenvalue weighted by atomic mass is 10.0. The molecule has 9 heteroatoms. The van der Waals surface area contributed by atoms with Crippen molar-refractivity contribution in [1.29, 1.82) is 0 Å². The highest BCUT2D eigenvalue weighted by molar-refractivity contribution is 5.77. The van der Waals surface area contributed by atoms with Crippen molar-refractivity contribution in [3.8, 4) is 5.88 Å². The molecule has 0 aliphatic carbocycles. The molecule has 4 atom stereocenters. The topological polar surface area (TPSA) is 108 Å². The lowest BCUT2D eigenvalue weighted by molar-refractivity contribution is -0.0366. The molecular formula is C12H16FN5O3. The third kappa shape index (κ3) is 2.09. The minimum Gasteiger partial charge on any atom is -0.479 e. The summed E-state index contributed by atoms with van der Waals surface area (Å²) in [6, 6.07) is 0. The van der Waals surface area contributed by atoms with E-state index in [-0.39, 0.29) is 18.4 Å². The van der Waals surface area contributed by atoms with E-state index in [2.05, 4.69) is 15.0 Å². The number of nitrogens with two attached hydrogens (primary N) is 1. The maximum atomic E-state index is 14.0. The molecule has 0 saturated carbocycles. The number of fused-ring (bicyclic) bond motifs is 1. The highest BCUT2D eigenvalue weighted by atomic mass is 19.1. The van der Waals surface area contributed by atoms with Crippen molar-refractivity contribution in [2.24, 2.45) is 5.92 Å². The van der Waals surface area contributed by atoms with E-state index in [1.807, 2.05) is 0 Å². The van der Waals surface area contributed by atoms with E-state index >= 15 is 0 Å². The van der Waals surface area contributed by atoms with Crippen LogP contribution in [0.3, 0.4) is 0 Å². The summed E-state index contributed by atoms with van der Waals surface area (Å²) in [6.07, 6.45) is -1.27. The van der Waals surface area contributed by atoms with Gasteiger partial charge in [-0.1, -0.05) is 6.92 Å². The smallest absolute Gasteiger partial charge is 0.246 e. The fourth-order valence-electron chi connectivity index (χ4n) is 2.57. The van der Waals surface area contributed by atoms with Crippen molar-refractivity contribution in [3.05, 3.63) is 6.33 Å². The predicted molar refractivity (Wildman–Crippen MR) is 71.3 cm³/mol. The number of alkyl halides is 1. The van der Waals surface area contributed by atoms with Crippen LogP contribution in [-0.4, -0.2) is 50.6 Å². The Morgan fingerprint density at radius 3 is 2.90 bits per heavy atom. The molecular weight excluding hydrogens is 281 g/mol. The van der Waals surface area contributed by atoms with Crippen molar-refractivity contribution < 1.29 is 19.0 Å². The van der Waals surface area contributed by atoms with Crippen LogP contribution < -0.4 is 10.5 Å². The van der Waals surface area contributed by atoms with Crippen LogP contribution in [0.15, 0.2) is 6.33 Å². The molecule has 0 unspecified atom stereocenters. The Hall–Kier alpha value is -2.00. The van der Waals surface area contributed by atoms with Gasteiger partial charge in [-0.15, -0.1) is 0 Å². The molecule has 1 aliphatic rings. The number of methoxy groups -OCH3 is 1. The summed E-state index contributed by atoms with van der Waals surface area (Å²) < 4.78 is 26.3.